The van der Waals surface area contributed by atoms with Crippen LogP contribution in [-0.4, -0.2) is 115 Å². The normalized spacial score (nSPS) is 17.6. The van der Waals surface area contributed by atoms with Crippen molar-refractivity contribution < 1.29 is 54.6 Å². The molecule has 0 aliphatic carbocycles. The number of carboxylic acid groups (broad SMARTS) is 1. The van der Waals surface area contributed by atoms with Gasteiger partial charge >= 0.3 is 5.97 Å². The standard InChI is InChI=1S/C21H33N3O11/c25-11-14(27)20(33)19(32)13(26)10-22-15(28)6-5-12(21(34)35)23-16(29)4-2-1-3-9-24-17(30)7-8-18(24)31/h7-8,12-14,19-20,25-27,32-33H,1-6,9-11H2,(H,22,28)(H,23,29)(H,34,35). The second-order valence-electron chi connectivity index (χ2n) is 8.07. The molecule has 0 radical (unpaired) electrons. The largest absolute Gasteiger partial charge is 0.480 e. The van der Waals surface area contributed by atoms with Crippen LogP contribution in [0.3, 0.4) is 0 Å². The zero-order chi connectivity index (χ0) is 26.5. The van der Waals surface area contributed by atoms with E-state index in [1.54, 1.807) is 0 Å². The monoisotopic (exact) mass is 503 g/mol. The lowest BCUT2D eigenvalue weighted by molar-refractivity contribution is -0.142. The van der Waals surface area contributed by atoms with Crippen LogP contribution in [0, 0.1) is 0 Å². The van der Waals surface area contributed by atoms with Gasteiger partial charge in [0, 0.05) is 38.1 Å². The van der Waals surface area contributed by atoms with Gasteiger partial charge in [-0.2, -0.15) is 0 Å². The number of hydrogen-bond donors (Lipinski definition) is 8. The van der Waals surface area contributed by atoms with Crippen molar-refractivity contribution in [3.63, 3.8) is 0 Å². The maximum Gasteiger partial charge on any atom is 0.326 e. The molecule has 1 aliphatic rings. The molecule has 0 aromatic rings. The number of carbonyl (C=O) groups is 5. The number of amides is 4. The molecule has 0 saturated carbocycles. The number of imide groups is 1. The lowest BCUT2D eigenvalue weighted by Gasteiger charge is -2.25. The highest BCUT2D eigenvalue weighted by molar-refractivity contribution is 6.12. The lowest BCUT2D eigenvalue weighted by Crippen LogP contribution is -2.49. The van der Waals surface area contributed by atoms with Crippen LogP contribution in [0.25, 0.3) is 0 Å². The molecule has 198 valence electrons. The van der Waals surface area contributed by atoms with Crippen LogP contribution >= 0.6 is 0 Å². The average Bonchev–Trinajstić information content (AvgIpc) is 3.15. The van der Waals surface area contributed by atoms with Crippen molar-refractivity contribution in [2.45, 2.75) is 69.0 Å². The number of nitrogens with zero attached hydrogens (tertiary/aromatic N) is 1. The molecule has 0 fully saturated rings. The number of aliphatic carboxylic acids is 1. The van der Waals surface area contributed by atoms with Crippen molar-refractivity contribution in [1.82, 2.24) is 15.5 Å². The van der Waals surface area contributed by atoms with Crippen LogP contribution in [0.2, 0.25) is 0 Å². The van der Waals surface area contributed by atoms with Crippen molar-refractivity contribution >= 4 is 29.6 Å². The van der Waals surface area contributed by atoms with E-state index in [1.807, 2.05) is 0 Å². The van der Waals surface area contributed by atoms with Crippen LogP contribution in [0.1, 0.15) is 38.5 Å². The first-order chi connectivity index (χ1) is 16.5. The fourth-order valence-corrected chi connectivity index (χ4v) is 3.17. The third-order valence-corrected chi connectivity index (χ3v) is 5.31. The highest BCUT2D eigenvalue weighted by Gasteiger charge is 2.30. The summed E-state index contributed by atoms with van der Waals surface area (Å²) < 4.78 is 0. The number of carbonyl (C=O) groups excluding carboxylic acids is 4. The van der Waals surface area contributed by atoms with Crippen LogP contribution in [-0.2, 0) is 24.0 Å². The SMILES string of the molecule is O=C(CCC(NC(=O)CCCCCN1C(=O)C=CC1=O)C(=O)O)NCC(O)C(O)C(O)C(O)CO. The minimum atomic E-state index is -1.85. The lowest BCUT2D eigenvalue weighted by atomic mass is 10.0. The van der Waals surface area contributed by atoms with Gasteiger partial charge in [-0.1, -0.05) is 6.42 Å². The Bertz CT molecular complexity index is 770. The quantitative estimate of drug-likeness (QED) is 0.0712. The molecule has 14 nitrogen and oxygen atoms in total. The summed E-state index contributed by atoms with van der Waals surface area (Å²) >= 11 is 0. The smallest absolute Gasteiger partial charge is 0.326 e. The maximum atomic E-state index is 12.0. The first-order valence-electron chi connectivity index (χ1n) is 11.1. The predicted octanol–water partition coefficient (Wildman–Crippen LogP) is -3.63. The summed E-state index contributed by atoms with van der Waals surface area (Å²) in [5, 5.41) is 60.8. The van der Waals surface area contributed by atoms with Gasteiger partial charge in [-0.05, 0) is 19.3 Å². The Labute approximate surface area is 201 Å². The molecule has 5 atom stereocenters. The molecule has 5 unspecified atom stereocenters. The Kier molecular flexibility index (Phi) is 13.0. The first-order valence-corrected chi connectivity index (χ1v) is 11.1. The molecule has 0 bridgehead atoms. The molecular weight excluding hydrogens is 470 g/mol. The van der Waals surface area contributed by atoms with Crippen molar-refractivity contribution in [3.8, 4) is 0 Å². The number of rotatable bonds is 17. The minimum Gasteiger partial charge on any atom is -0.480 e. The fourth-order valence-electron chi connectivity index (χ4n) is 3.17. The zero-order valence-electron chi connectivity index (χ0n) is 19.1. The molecule has 0 saturated heterocycles. The van der Waals surface area contributed by atoms with Gasteiger partial charge in [-0.15, -0.1) is 0 Å². The van der Waals surface area contributed by atoms with Crippen molar-refractivity contribution in [3.05, 3.63) is 12.2 Å². The summed E-state index contributed by atoms with van der Waals surface area (Å²) in [6, 6.07) is -1.34. The van der Waals surface area contributed by atoms with Gasteiger partial charge in [0.05, 0.1) is 12.7 Å². The number of carboxylic acids is 1. The third-order valence-electron chi connectivity index (χ3n) is 5.31. The maximum absolute atomic E-state index is 12.0. The first kappa shape index (κ1) is 30.1. The molecular formula is C21H33N3O11. The molecule has 8 N–H and O–H groups in total. The predicted molar refractivity (Wildman–Crippen MR) is 117 cm³/mol. The van der Waals surface area contributed by atoms with Gasteiger partial charge in [0.1, 0.15) is 24.4 Å². The molecule has 4 amide bonds. The molecule has 0 spiro atoms. The van der Waals surface area contributed by atoms with Crippen molar-refractivity contribution in [1.29, 1.82) is 0 Å². The van der Waals surface area contributed by atoms with E-state index >= 15 is 0 Å². The van der Waals surface area contributed by atoms with E-state index in [0.717, 1.165) is 4.90 Å². The Morgan fingerprint density at radius 3 is 2.03 bits per heavy atom. The van der Waals surface area contributed by atoms with Gasteiger partial charge in [0.25, 0.3) is 11.8 Å². The molecule has 1 rings (SSSR count). The summed E-state index contributed by atoms with van der Waals surface area (Å²) in [7, 11) is 0. The molecule has 0 aromatic heterocycles. The molecule has 14 heteroatoms. The van der Waals surface area contributed by atoms with Crippen molar-refractivity contribution in [2.75, 3.05) is 19.7 Å². The summed E-state index contributed by atoms with van der Waals surface area (Å²) in [4.78, 5) is 59.3. The highest BCUT2D eigenvalue weighted by Crippen LogP contribution is 2.09. The van der Waals surface area contributed by atoms with Gasteiger partial charge in [-0.3, -0.25) is 24.1 Å². The summed E-state index contributed by atoms with van der Waals surface area (Å²) in [5.74, 6) is -3.34. The second kappa shape index (κ2) is 15.2. The Hall–Kier alpha value is -2.91. The van der Waals surface area contributed by atoms with E-state index in [9.17, 15) is 49.5 Å². The van der Waals surface area contributed by atoms with Crippen LogP contribution in [0.15, 0.2) is 12.2 Å². The van der Waals surface area contributed by atoms with E-state index in [1.165, 1.54) is 12.2 Å². The van der Waals surface area contributed by atoms with E-state index < -0.39 is 61.4 Å². The van der Waals surface area contributed by atoms with Gasteiger partial charge < -0.3 is 41.3 Å². The Morgan fingerprint density at radius 1 is 0.857 bits per heavy atom. The van der Waals surface area contributed by atoms with Crippen LogP contribution < -0.4 is 10.6 Å². The van der Waals surface area contributed by atoms with Gasteiger partial charge in [-0.25, -0.2) is 4.79 Å². The van der Waals surface area contributed by atoms with Crippen molar-refractivity contribution in [2.24, 2.45) is 0 Å². The topological polar surface area (TPSA) is 234 Å². The Morgan fingerprint density at radius 2 is 1.46 bits per heavy atom. The van der Waals surface area contributed by atoms with Crippen LogP contribution in [0.5, 0.6) is 0 Å². The average molecular weight is 504 g/mol. The minimum absolute atomic E-state index is 0.0161. The fraction of sp³-hybridized carbons (Fsp3) is 0.667. The second-order valence-corrected chi connectivity index (χ2v) is 8.07. The van der Waals surface area contributed by atoms with E-state index in [2.05, 4.69) is 10.6 Å². The van der Waals surface area contributed by atoms with E-state index in [4.69, 9.17) is 5.11 Å². The van der Waals surface area contributed by atoms with E-state index in [-0.39, 0.29) is 37.6 Å². The summed E-state index contributed by atoms with van der Waals surface area (Å²) in [6.45, 7) is -1.13. The highest BCUT2D eigenvalue weighted by atomic mass is 16.4. The molecule has 1 aliphatic heterocycles. The van der Waals surface area contributed by atoms with Gasteiger partial charge in [0.2, 0.25) is 11.8 Å². The number of hydrogen-bond acceptors (Lipinski definition) is 10. The number of nitrogens with one attached hydrogen (secondary N) is 2. The molecule has 35 heavy (non-hydrogen) atoms. The van der Waals surface area contributed by atoms with Gasteiger partial charge in [0.15, 0.2) is 0 Å². The third kappa shape index (κ3) is 10.5. The zero-order valence-corrected chi connectivity index (χ0v) is 19.1. The Balaban J connectivity index is 2.30. The number of aliphatic hydroxyl groups is 5. The molecule has 0 aromatic carbocycles. The number of unbranched alkanes of at least 4 members (excludes halogenated alkanes) is 2. The summed E-state index contributed by atoms with van der Waals surface area (Å²) in [6.07, 6.45) is -3.82. The molecule has 1 heterocycles. The number of aliphatic hydroxyl groups excluding tert-OH is 5. The van der Waals surface area contributed by atoms with Crippen LogP contribution in [0.4, 0.5) is 0 Å². The van der Waals surface area contributed by atoms with E-state index in [0.29, 0.717) is 19.3 Å². The summed E-state index contributed by atoms with van der Waals surface area (Å²) in [5.41, 5.74) is 0.